The number of thiophene rings is 1. The fourth-order valence-corrected chi connectivity index (χ4v) is 4.35. The van der Waals surface area contributed by atoms with Gasteiger partial charge in [-0.05, 0) is 29.5 Å². The van der Waals surface area contributed by atoms with E-state index in [0.29, 0.717) is 19.2 Å². The molecule has 0 aliphatic carbocycles. The number of nitrogens with zero attached hydrogens (tertiary/aromatic N) is 2. The summed E-state index contributed by atoms with van der Waals surface area (Å²) in [5.41, 5.74) is 2.37. The lowest BCUT2D eigenvalue weighted by molar-refractivity contribution is 0.0177. The van der Waals surface area contributed by atoms with E-state index in [1.165, 1.54) is 16.0 Å². The predicted octanol–water partition coefficient (Wildman–Crippen LogP) is 3.64. The van der Waals surface area contributed by atoms with Gasteiger partial charge < -0.3 is 20.1 Å². The second kappa shape index (κ2) is 14.0. The highest BCUT2D eigenvalue weighted by atomic mass is 127. The zero-order chi connectivity index (χ0) is 20.3. The first kappa shape index (κ1) is 25.1. The summed E-state index contributed by atoms with van der Waals surface area (Å²) in [6.07, 6.45) is 0. The number of methoxy groups -OCH3 is 1. The molecule has 2 heterocycles. The van der Waals surface area contributed by atoms with Gasteiger partial charge in [-0.2, -0.15) is 0 Å². The molecule has 1 aliphatic heterocycles. The molecule has 0 spiro atoms. The first-order valence-electron chi connectivity index (χ1n) is 10.2. The first-order valence-corrected chi connectivity index (χ1v) is 11.1. The SMILES string of the molecule is CCNC(=NCc1ccccc1COC)NCC(c1cccs1)N1CCOCC1.I. The van der Waals surface area contributed by atoms with Gasteiger partial charge in [0.2, 0.25) is 0 Å². The summed E-state index contributed by atoms with van der Waals surface area (Å²) in [6, 6.07) is 13.0. The number of hydrogen-bond donors (Lipinski definition) is 2. The Morgan fingerprint density at radius 3 is 2.60 bits per heavy atom. The molecule has 1 saturated heterocycles. The molecule has 2 N–H and O–H groups in total. The molecule has 1 aromatic heterocycles. The fraction of sp³-hybridized carbons (Fsp3) is 0.500. The third-order valence-corrected chi connectivity index (χ3v) is 5.96. The van der Waals surface area contributed by atoms with Gasteiger partial charge in [-0.15, -0.1) is 35.3 Å². The molecule has 0 bridgehead atoms. The number of hydrogen-bond acceptors (Lipinski definition) is 5. The summed E-state index contributed by atoms with van der Waals surface area (Å²) in [4.78, 5) is 8.70. The Hall–Kier alpha value is -1.20. The molecule has 0 radical (unpaired) electrons. The Labute approximate surface area is 201 Å². The van der Waals surface area contributed by atoms with Gasteiger partial charge in [0.1, 0.15) is 0 Å². The minimum Gasteiger partial charge on any atom is -0.380 e. The number of halogens is 1. The van der Waals surface area contributed by atoms with Crippen LogP contribution in [-0.4, -0.2) is 57.4 Å². The Kier molecular flexibility index (Phi) is 11.7. The van der Waals surface area contributed by atoms with Crippen LogP contribution in [-0.2, 0) is 22.6 Å². The van der Waals surface area contributed by atoms with Gasteiger partial charge in [0.05, 0.1) is 32.4 Å². The molecule has 1 aliphatic rings. The van der Waals surface area contributed by atoms with Crippen molar-refractivity contribution in [2.75, 3.05) is 46.5 Å². The molecule has 30 heavy (non-hydrogen) atoms. The zero-order valence-electron chi connectivity index (χ0n) is 17.8. The second-order valence-corrected chi connectivity index (χ2v) is 7.94. The number of nitrogens with one attached hydrogen (secondary N) is 2. The third-order valence-electron chi connectivity index (χ3n) is 4.99. The highest BCUT2D eigenvalue weighted by Crippen LogP contribution is 2.25. The van der Waals surface area contributed by atoms with Crippen LogP contribution in [0.4, 0.5) is 0 Å². The van der Waals surface area contributed by atoms with E-state index >= 15 is 0 Å². The van der Waals surface area contributed by atoms with Crippen molar-refractivity contribution in [1.29, 1.82) is 0 Å². The summed E-state index contributed by atoms with van der Waals surface area (Å²) in [5, 5.41) is 9.08. The van der Waals surface area contributed by atoms with Gasteiger partial charge in [0, 0.05) is 38.2 Å². The van der Waals surface area contributed by atoms with Crippen LogP contribution in [0.5, 0.6) is 0 Å². The topological polar surface area (TPSA) is 58.1 Å². The van der Waals surface area contributed by atoms with Crippen LogP contribution >= 0.6 is 35.3 Å². The maximum atomic E-state index is 5.55. The first-order chi connectivity index (χ1) is 14.3. The Bertz CT molecular complexity index is 751. The van der Waals surface area contributed by atoms with E-state index in [4.69, 9.17) is 14.5 Å². The number of ether oxygens (including phenoxy) is 2. The van der Waals surface area contributed by atoms with Crippen LogP contribution in [0.25, 0.3) is 0 Å². The van der Waals surface area contributed by atoms with Crippen LogP contribution in [0.2, 0.25) is 0 Å². The lowest BCUT2D eigenvalue weighted by atomic mass is 10.1. The summed E-state index contributed by atoms with van der Waals surface area (Å²) in [6.45, 7) is 8.47. The molecule has 1 aromatic carbocycles. The Morgan fingerprint density at radius 2 is 1.93 bits per heavy atom. The molecule has 8 heteroatoms. The number of guanidine groups is 1. The molecule has 0 amide bonds. The largest absolute Gasteiger partial charge is 0.380 e. The maximum Gasteiger partial charge on any atom is 0.191 e. The monoisotopic (exact) mass is 544 g/mol. The lowest BCUT2D eigenvalue weighted by Crippen LogP contribution is -2.46. The molecule has 3 rings (SSSR count). The lowest BCUT2D eigenvalue weighted by Gasteiger charge is -2.34. The van der Waals surface area contributed by atoms with Crippen LogP contribution in [0.15, 0.2) is 46.8 Å². The Balaban J connectivity index is 0.00000320. The van der Waals surface area contributed by atoms with Crippen molar-refractivity contribution in [3.8, 4) is 0 Å². The van der Waals surface area contributed by atoms with Gasteiger partial charge in [0.15, 0.2) is 5.96 Å². The molecular weight excluding hydrogens is 511 g/mol. The smallest absolute Gasteiger partial charge is 0.191 e. The van der Waals surface area contributed by atoms with Crippen LogP contribution in [0.1, 0.15) is 29.0 Å². The van der Waals surface area contributed by atoms with Gasteiger partial charge >= 0.3 is 0 Å². The molecule has 1 unspecified atom stereocenters. The average Bonchev–Trinajstić information content (AvgIpc) is 3.28. The van der Waals surface area contributed by atoms with Crippen LogP contribution < -0.4 is 10.6 Å². The van der Waals surface area contributed by atoms with Crippen molar-refractivity contribution in [3.63, 3.8) is 0 Å². The van der Waals surface area contributed by atoms with E-state index in [1.54, 1.807) is 7.11 Å². The zero-order valence-corrected chi connectivity index (χ0v) is 20.9. The van der Waals surface area contributed by atoms with Crippen molar-refractivity contribution >= 4 is 41.3 Å². The van der Waals surface area contributed by atoms with E-state index in [1.807, 2.05) is 17.4 Å². The number of rotatable bonds is 9. The standard InChI is InChI=1S/C22H32N4O2S.HI/c1-3-23-22(24-15-18-7-4-5-8-19(18)17-27-2)25-16-20(21-9-6-14-29-21)26-10-12-28-13-11-26;/h4-9,14,20H,3,10-13,15-17H2,1-2H3,(H2,23,24,25);1H. The van der Waals surface area contributed by atoms with E-state index in [-0.39, 0.29) is 24.0 Å². The van der Waals surface area contributed by atoms with Crippen LogP contribution in [0, 0.1) is 0 Å². The second-order valence-electron chi connectivity index (χ2n) is 6.96. The third kappa shape index (κ3) is 7.49. The summed E-state index contributed by atoms with van der Waals surface area (Å²) in [5.74, 6) is 0.842. The summed E-state index contributed by atoms with van der Waals surface area (Å²) < 4.78 is 10.9. The highest BCUT2D eigenvalue weighted by Gasteiger charge is 2.23. The summed E-state index contributed by atoms with van der Waals surface area (Å²) in [7, 11) is 1.72. The summed E-state index contributed by atoms with van der Waals surface area (Å²) >= 11 is 1.81. The van der Waals surface area contributed by atoms with Crippen molar-refractivity contribution in [2.24, 2.45) is 4.99 Å². The van der Waals surface area contributed by atoms with Crippen molar-refractivity contribution in [3.05, 3.63) is 57.8 Å². The molecule has 0 saturated carbocycles. The average molecular weight is 545 g/mol. The van der Waals surface area contributed by atoms with E-state index in [0.717, 1.165) is 45.4 Å². The fourth-order valence-electron chi connectivity index (χ4n) is 3.49. The molecular formula is C22H33IN4O2S. The minimum absolute atomic E-state index is 0. The van der Waals surface area contributed by atoms with Crippen molar-refractivity contribution in [2.45, 2.75) is 26.1 Å². The minimum atomic E-state index is 0. The van der Waals surface area contributed by atoms with Gasteiger partial charge in [-0.3, -0.25) is 4.90 Å². The van der Waals surface area contributed by atoms with Crippen LogP contribution in [0.3, 0.4) is 0 Å². The maximum absolute atomic E-state index is 5.55. The number of aliphatic imine (C=N–C) groups is 1. The quantitative estimate of drug-likeness (QED) is 0.287. The molecule has 166 valence electrons. The van der Waals surface area contributed by atoms with E-state index < -0.39 is 0 Å². The van der Waals surface area contributed by atoms with E-state index in [9.17, 15) is 0 Å². The van der Waals surface area contributed by atoms with Gasteiger partial charge in [-0.1, -0.05) is 30.3 Å². The van der Waals surface area contributed by atoms with E-state index in [2.05, 4.69) is 58.2 Å². The number of morpholine rings is 1. The van der Waals surface area contributed by atoms with Gasteiger partial charge in [0.25, 0.3) is 0 Å². The van der Waals surface area contributed by atoms with Crippen molar-refractivity contribution < 1.29 is 9.47 Å². The van der Waals surface area contributed by atoms with Crippen molar-refractivity contribution in [1.82, 2.24) is 15.5 Å². The molecule has 1 atom stereocenters. The molecule has 6 nitrogen and oxygen atoms in total. The highest BCUT2D eigenvalue weighted by molar-refractivity contribution is 14.0. The number of benzene rings is 1. The predicted molar refractivity (Wildman–Crippen MR) is 135 cm³/mol. The molecule has 1 fully saturated rings. The molecule has 2 aromatic rings. The van der Waals surface area contributed by atoms with Gasteiger partial charge in [-0.25, -0.2) is 4.99 Å². The Morgan fingerprint density at radius 1 is 1.17 bits per heavy atom. The normalized spacial score (nSPS) is 16.0.